The van der Waals surface area contributed by atoms with Crippen LogP contribution in [0.3, 0.4) is 0 Å². The van der Waals surface area contributed by atoms with E-state index in [1.165, 1.54) is 0 Å². The Labute approximate surface area is 136 Å². The van der Waals surface area contributed by atoms with Gasteiger partial charge in [0, 0.05) is 30.7 Å². The molecule has 0 spiro atoms. The minimum Gasteiger partial charge on any atom is -0.380 e. The molecule has 0 fully saturated rings. The maximum absolute atomic E-state index is 5.99. The zero-order valence-corrected chi connectivity index (χ0v) is 14.7. The third-order valence-electron chi connectivity index (χ3n) is 2.41. The predicted molar refractivity (Wildman–Crippen MR) is 88.3 cm³/mol. The largest absolute Gasteiger partial charge is 0.380 e. The van der Waals surface area contributed by atoms with Crippen molar-refractivity contribution in [1.29, 1.82) is 0 Å². The molecule has 1 nitrogen and oxygen atoms in total. The van der Waals surface area contributed by atoms with E-state index in [9.17, 15) is 0 Å². The Morgan fingerprint density at radius 1 is 0.944 bits per heavy atom. The first-order chi connectivity index (χ1) is 8.56. The van der Waals surface area contributed by atoms with Gasteiger partial charge in [0.2, 0.25) is 0 Å². The summed E-state index contributed by atoms with van der Waals surface area (Å²) in [6, 6.07) is 11.8. The summed E-state index contributed by atoms with van der Waals surface area (Å²) in [5.41, 5.74) is 2.16. The first-order valence-corrected chi connectivity index (χ1v) is 7.95. The molecule has 18 heavy (non-hydrogen) atoms. The van der Waals surface area contributed by atoms with Crippen LogP contribution in [0.25, 0.3) is 0 Å². The fourth-order valence-corrected chi connectivity index (χ4v) is 2.83. The number of hydrogen-bond donors (Lipinski definition) is 1. The highest BCUT2D eigenvalue weighted by molar-refractivity contribution is 9.11. The lowest BCUT2D eigenvalue weighted by Crippen LogP contribution is -2.01. The maximum atomic E-state index is 5.99. The van der Waals surface area contributed by atoms with Gasteiger partial charge in [-0.15, -0.1) is 0 Å². The van der Waals surface area contributed by atoms with Gasteiger partial charge in [-0.2, -0.15) is 0 Å². The Morgan fingerprint density at radius 3 is 2.44 bits per heavy atom. The van der Waals surface area contributed by atoms with Gasteiger partial charge in [0.1, 0.15) is 0 Å². The normalized spacial score (nSPS) is 10.4. The van der Waals surface area contributed by atoms with Crippen molar-refractivity contribution in [2.24, 2.45) is 0 Å². The molecule has 0 unspecified atom stereocenters. The Morgan fingerprint density at radius 2 is 1.67 bits per heavy atom. The highest BCUT2D eigenvalue weighted by atomic mass is 79.9. The molecule has 5 heteroatoms. The first-order valence-electron chi connectivity index (χ1n) is 5.19. The van der Waals surface area contributed by atoms with Crippen LogP contribution in [0, 0.1) is 0 Å². The van der Waals surface area contributed by atoms with Crippen LogP contribution in [-0.2, 0) is 6.54 Å². The van der Waals surface area contributed by atoms with E-state index in [2.05, 4.69) is 53.1 Å². The molecule has 0 aromatic heterocycles. The van der Waals surface area contributed by atoms with E-state index in [0.29, 0.717) is 6.54 Å². The molecule has 0 radical (unpaired) electrons. The third kappa shape index (κ3) is 3.73. The standard InChI is InChI=1S/C13H9Br3ClN/c14-9-1-3-12(16)13(6-9)18-7-8-5-10(17)2-4-11(8)15/h1-6,18H,7H2. The summed E-state index contributed by atoms with van der Waals surface area (Å²) in [4.78, 5) is 0. The van der Waals surface area contributed by atoms with Crippen LogP contribution in [0.1, 0.15) is 5.56 Å². The SMILES string of the molecule is Clc1ccc(Br)c(CNc2cc(Br)ccc2Br)c1. The Hall–Kier alpha value is -0.0300. The van der Waals surface area contributed by atoms with Crippen LogP contribution in [-0.4, -0.2) is 0 Å². The monoisotopic (exact) mass is 451 g/mol. The van der Waals surface area contributed by atoms with Crippen molar-refractivity contribution in [2.45, 2.75) is 6.54 Å². The van der Waals surface area contributed by atoms with E-state index in [1.807, 2.05) is 36.4 Å². The van der Waals surface area contributed by atoms with E-state index in [-0.39, 0.29) is 0 Å². The Bertz CT molecular complexity index is 521. The summed E-state index contributed by atoms with van der Waals surface area (Å²) >= 11 is 16.5. The Kier molecular flexibility index (Phi) is 5.13. The Balaban J connectivity index is 2.16. The average Bonchev–Trinajstić information content (AvgIpc) is 2.34. The molecular formula is C13H9Br3ClN. The van der Waals surface area contributed by atoms with Crippen molar-refractivity contribution in [1.82, 2.24) is 0 Å². The highest BCUT2D eigenvalue weighted by Crippen LogP contribution is 2.28. The third-order valence-corrected chi connectivity index (χ3v) is 4.60. The van der Waals surface area contributed by atoms with E-state index < -0.39 is 0 Å². The van der Waals surface area contributed by atoms with Crippen LogP contribution in [0.4, 0.5) is 5.69 Å². The summed E-state index contributed by atoms with van der Waals surface area (Å²) in [7, 11) is 0. The number of benzene rings is 2. The lowest BCUT2D eigenvalue weighted by atomic mass is 10.2. The van der Waals surface area contributed by atoms with Gasteiger partial charge in [-0.25, -0.2) is 0 Å². The quantitative estimate of drug-likeness (QED) is 0.579. The molecule has 0 aliphatic carbocycles. The van der Waals surface area contributed by atoms with Crippen molar-refractivity contribution < 1.29 is 0 Å². The molecule has 0 saturated carbocycles. The predicted octanol–water partition coefficient (Wildman–Crippen LogP) is 6.24. The van der Waals surface area contributed by atoms with Crippen LogP contribution in [0.15, 0.2) is 49.8 Å². The smallest absolute Gasteiger partial charge is 0.0498 e. The number of nitrogens with one attached hydrogen (secondary N) is 1. The maximum Gasteiger partial charge on any atom is 0.0498 e. The van der Waals surface area contributed by atoms with Crippen LogP contribution < -0.4 is 5.32 Å². The fourth-order valence-electron chi connectivity index (χ4n) is 1.50. The zero-order chi connectivity index (χ0) is 13.1. The molecule has 1 N–H and O–H groups in total. The lowest BCUT2D eigenvalue weighted by Gasteiger charge is -2.10. The lowest BCUT2D eigenvalue weighted by molar-refractivity contribution is 1.13. The molecule has 0 heterocycles. The average molecular weight is 454 g/mol. The van der Waals surface area contributed by atoms with Crippen molar-refractivity contribution in [3.8, 4) is 0 Å². The fraction of sp³-hybridized carbons (Fsp3) is 0.0769. The molecule has 2 aromatic carbocycles. The molecule has 0 bridgehead atoms. The summed E-state index contributed by atoms with van der Waals surface area (Å²) in [6.45, 7) is 0.705. The molecule has 0 atom stereocenters. The van der Waals surface area contributed by atoms with Crippen molar-refractivity contribution in [2.75, 3.05) is 5.32 Å². The van der Waals surface area contributed by atoms with E-state index in [4.69, 9.17) is 11.6 Å². The van der Waals surface area contributed by atoms with E-state index in [0.717, 1.165) is 29.7 Å². The topological polar surface area (TPSA) is 12.0 Å². The minimum atomic E-state index is 0.705. The number of anilines is 1. The van der Waals surface area contributed by atoms with Crippen molar-refractivity contribution >= 4 is 65.1 Å². The second-order valence-electron chi connectivity index (χ2n) is 3.71. The van der Waals surface area contributed by atoms with Gasteiger partial charge in [0.05, 0.1) is 0 Å². The van der Waals surface area contributed by atoms with Gasteiger partial charge >= 0.3 is 0 Å². The van der Waals surface area contributed by atoms with Crippen LogP contribution >= 0.6 is 59.4 Å². The highest BCUT2D eigenvalue weighted by Gasteiger charge is 2.04. The molecule has 0 saturated heterocycles. The van der Waals surface area contributed by atoms with Crippen molar-refractivity contribution in [3.63, 3.8) is 0 Å². The van der Waals surface area contributed by atoms with Gasteiger partial charge in [-0.1, -0.05) is 43.5 Å². The van der Waals surface area contributed by atoms with E-state index >= 15 is 0 Å². The summed E-state index contributed by atoms with van der Waals surface area (Å²) < 4.78 is 3.12. The van der Waals surface area contributed by atoms with Gasteiger partial charge < -0.3 is 5.32 Å². The summed E-state index contributed by atoms with van der Waals surface area (Å²) in [5, 5.41) is 4.11. The first kappa shape index (κ1) is 14.4. The van der Waals surface area contributed by atoms with E-state index in [1.54, 1.807) is 0 Å². The number of halogens is 4. The van der Waals surface area contributed by atoms with Crippen LogP contribution in [0.5, 0.6) is 0 Å². The second kappa shape index (κ2) is 6.42. The summed E-state index contributed by atoms with van der Waals surface area (Å²) in [6.07, 6.45) is 0. The number of rotatable bonds is 3. The van der Waals surface area contributed by atoms with Crippen molar-refractivity contribution in [3.05, 3.63) is 60.4 Å². The van der Waals surface area contributed by atoms with Gasteiger partial charge in [-0.3, -0.25) is 0 Å². The molecule has 2 rings (SSSR count). The molecule has 0 aliphatic heterocycles. The molecule has 2 aromatic rings. The molecule has 94 valence electrons. The second-order valence-corrected chi connectivity index (χ2v) is 6.77. The van der Waals surface area contributed by atoms with Crippen LogP contribution in [0.2, 0.25) is 5.02 Å². The van der Waals surface area contributed by atoms with Gasteiger partial charge in [-0.05, 0) is 57.9 Å². The summed E-state index contributed by atoms with van der Waals surface area (Å²) in [5.74, 6) is 0. The minimum absolute atomic E-state index is 0.705. The number of hydrogen-bond acceptors (Lipinski definition) is 1. The molecular weight excluding hydrogens is 445 g/mol. The molecule has 0 aliphatic rings. The molecule has 0 amide bonds. The zero-order valence-electron chi connectivity index (χ0n) is 9.18. The van der Waals surface area contributed by atoms with Gasteiger partial charge in [0.25, 0.3) is 0 Å². The van der Waals surface area contributed by atoms with Gasteiger partial charge in [0.15, 0.2) is 0 Å².